The Balaban J connectivity index is 2.02. The summed E-state index contributed by atoms with van der Waals surface area (Å²) in [6.07, 6.45) is 5.37. The third kappa shape index (κ3) is 1.06. The van der Waals surface area contributed by atoms with E-state index < -0.39 is 0 Å². The van der Waals surface area contributed by atoms with Gasteiger partial charge in [-0.3, -0.25) is 0 Å². The summed E-state index contributed by atoms with van der Waals surface area (Å²) in [4.78, 5) is 0. The van der Waals surface area contributed by atoms with E-state index >= 15 is 0 Å². The summed E-state index contributed by atoms with van der Waals surface area (Å²) in [5.74, 6) is 1.68. The highest BCUT2D eigenvalue weighted by molar-refractivity contribution is 5.48. The summed E-state index contributed by atoms with van der Waals surface area (Å²) in [5.41, 5.74) is 6.60. The molecule has 0 aromatic heterocycles. The molecule has 14 heavy (non-hydrogen) atoms. The number of hydrogen-bond acceptors (Lipinski definition) is 0. The molecule has 3 rings (SSSR count). The molecule has 1 unspecified atom stereocenters. The number of hydrogen-bond donors (Lipinski definition) is 0. The molecule has 0 amide bonds. The quantitative estimate of drug-likeness (QED) is 0.630. The second kappa shape index (κ2) is 2.85. The van der Waals surface area contributed by atoms with Crippen molar-refractivity contribution < 1.29 is 0 Å². The van der Waals surface area contributed by atoms with Crippen molar-refractivity contribution in [1.29, 1.82) is 0 Å². The number of benzene rings is 1. The van der Waals surface area contributed by atoms with Crippen molar-refractivity contribution in [2.75, 3.05) is 0 Å². The summed E-state index contributed by atoms with van der Waals surface area (Å²) in [5, 5.41) is 0. The molecule has 0 radical (unpaired) electrons. The van der Waals surface area contributed by atoms with Gasteiger partial charge >= 0.3 is 0 Å². The first-order chi connectivity index (χ1) is 6.75. The summed E-state index contributed by atoms with van der Waals surface area (Å²) in [6.45, 7) is 4.70. The van der Waals surface area contributed by atoms with Gasteiger partial charge in [0.2, 0.25) is 0 Å². The van der Waals surface area contributed by atoms with Gasteiger partial charge in [0.15, 0.2) is 0 Å². The first kappa shape index (κ1) is 8.52. The zero-order valence-corrected chi connectivity index (χ0v) is 9.14. The molecule has 0 nitrogen and oxygen atoms in total. The van der Waals surface area contributed by atoms with E-state index in [-0.39, 0.29) is 0 Å². The van der Waals surface area contributed by atoms with Crippen LogP contribution in [0.5, 0.6) is 0 Å². The zero-order valence-electron chi connectivity index (χ0n) is 9.14. The van der Waals surface area contributed by atoms with Crippen LogP contribution in [-0.4, -0.2) is 0 Å². The largest absolute Gasteiger partial charge is 0.0622 e. The van der Waals surface area contributed by atoms with Crippen molar-refractivity contribution in [2.45, 2.75) is 45.4 Å². The van der Waals surface area contributed by atoms with Crippen molar-refractivity contribution in [2.24, 2.45) is 5.92 Å². The fourth-order valence-corrected chi connectivity index (χ4v) is 3.03. The Hall–Kier alpha value is -0.780. The molecule has 2 aliphatic rings. The standard InChI is InChI=1S/C14H18/c1-9(2)13-8-12-6-10-4-3-5-11(10)7-14(12)13/h6-7,9,13H,3-5,8H2,1-2H3. The van der Waals surface area contributed by atoms with Gasteiger partial charge < -0.3 is 0 Å². The lowest BCUT2D eigenvalue weighted by Gasteiger charge is -2.34. The fourth-order valence-electron chi connectivity index (χ4n) is 3.03. The second-order valence-corrected chi connectivity index (χ2v) is 5.23. The molecule has 0 heterocycles. The Labute approximate surface area is 86.3 Å². The van der Waals surface area contributed by atoms with Crippen molar-refractivity contribution in [3.8, 4) is 0 Å². The molecule has 1 atom stereocenters. The Morgan fingerprint density at radius 3 is 2.50 bits per heavy atom. The third-order valence-electron chi connectivity index (χ3n) is 4.00. The van der Waals surface area contributed by atoms with E-state index in [1.165, 1.54) is 25.7 Å². The average Bonchev–Trinajstić information content (AvgIpc) is 2.54. The predicted molar refractivity (Wildman–Crippen MR) is 59.8 cm³/mol. The van der Waals surface area contributed by atoms with Crippen LogP contribution in [0.4, 0.5) is 0 Å². The molecule has 0 spiro atoms. The molecule has 0 N–H and O–H groups in total. The second-order valence-electron chi connectivity index (χ2n) is 5.23. The molecule has 0 heteroatoms. The van der Waals surface area contributed by atoms with E-state index in [9.17, 15) is 0 Å². The molecule has 74 valence electrons. The van der Waals surface area contributed by atoms with Crippen LogP contribution in [0.1, 0.15) is 48.4 Å². The fraction of sp³-hybridized carbons (Fsp3) is 0.571. The maximum Gasteiger partial charge on any atom is -0.00955 e. The maximum absolute atomic E-state index is 2.51. The van der Waals surface area contributed by atoms with Gasteiger partial charge in [0.25, 0.3) is 0 Å². The maximum atomic E-state index is 2.51. The van der Waals surface area contributed by atoms with Gasteiger partial charge in [0.1, 0.15) is 0 Å². The number of aryl methyl sites for hydroxylation is 2. The highest BCUT2D eigenvalue weighted by Gasteiger charge is 2.30. The molecular formula is C14H18. The van der Waals surface area contributed by atoms with Gasteiger partial charge in [-0.05, 0) is 59.8 Å². The van der Waals surface area contributed by atoms with E-state index in [0.29, 0.717) is 0 Å². The zero-order chi connectivity index (χ0) is 9.71. The van der Waals surface area contributed by atoms with Crippen molar-refractivity contribution in [3.63, 3.8) is 0 Å². The van der Waals surface area contributed by atoms with E-state index in [1.807, 2.05) is 0 Å². The van der Waals surface area contributed by atoms with Crippen LogP contribution >= 0.6 is 0 Å². The minimum atomic E-state index is 0.821. The highest BCUT2D eigenvalue weighted by atomic mass is 14.3. The first-order valence-electron chi connectivity index (χ1n) is 5.90. The Morgan fingerprint density at radius 2 is 1.79 bits per heavy atom. The molecule has 2 aliphatic carbocycles. The Bertz CT molecular complexity index is 374. The monoisotopic (exact) mass is 186 g/mol. The van der Waals surface area contributed by atoms with Crippen LogP contribution in [0.15, 0.2) is 12.1 Å². The molecule has 0 saturated heterocycles. The molecule has 0 bridgehead atoms. The average molecular weight is 186 g/mol. The molecule has 1 aromatic carbocycles. The smallest absolute Gasteiger partial charge is 0.00955 e. The van der Waals surface area contributed by atoms with Gasteiger partial charge in [0, 0.05) is 0 Å². The third-order valence-corrected chi connectivity index (χ3v) is 4.00. The van der Waals surface area contributed by atoms with Gasteiger partial charge in [-0.1, -0.05) is 26.0 Å². The van der Waals surface area contributed by atoms with Gasteiger partial charge in [-0.25, -0.2) is 0 Å². The minimum absolute atomic E-state index is 0.821. The SMILES string of the molecule is CC(C)C1Cc2cc3c(cc21)CCC3. The lowest BCUT2D eigenvalue weighted by molar-refractivity contribution is 0.450. The van der Waals surface area contributed by atoms with Crippen LogP contribution in [-0.2, 0) is 19.3 Å². The van der Waals surface area contributed by atoms with Crippen LogP contribution in [0.2, 0.25) is 0 Å². The predicted octanol–water partition coefficient (Wildman–Crippen LogP) is 3.47. The molecule has 0 fully saturated rings. The van der Waals surface area contributed by atoms with Crippen molar-refractivity contribution in [3.05, 3.63) is 34.4 Å². The van der Waals surface area contributed by atoms with Crippen molar-refractivity contribution in [1.82, 2.24) is 0 Å². The molecule has 0 saturated carbocycles. The molecule has 0 aliphatic heterocycles. The normalized spacial score (nSPS) is 23.2. The van der Waals surface area contributed by atoms with Gasteiger partial charge in [0.05, 0.1) is 0 Å². The summed E-state index contributed by atoms with van der Waals surface area (Å²) in [6, 6.07) is 4.99. The molecule has 1 aromatic rings. The van der Waals surface area contributed by atoms with Gasteiger partial charge in [-0.15, -0.1) is 0 Å². The van der Waals surface area contributed by atoms with Crippen LogP contribution < -0.4 is 0 Å². The summed E-state index contributed by atoms with van der Waals surface area (Å²) >= 11 is 0. The lowest BCUT2D eigenvalue weighted by atomic mass is 9.70. The van der Waals surface area contributed by atoms with E-state index in [1.54, 1.807) is 22.3 Å². The van der Waals surface area contributed by atoms with E-state index in [4.69, 9.17) is 0 Å². The van der Waals surface area contributed by atoms with E-state index in [2.05, 4.69) is 26.0 Å². The first-order valence-corrected chi connectivity index (χ1v) is 5.90. The van der Waals surface area contributed by atoms with Gasteiger partial charge in [-0.2, -0.15) is 0 Å². The Morgan fingerprint density at radius 1 is 1.07 bits per heavy atom. The van der Waals surface area contributed by atoms with Crippen LogP contribution in [0.25, 0.3) is 0 Å². The Kier molecular flexibility index (Phi) is 1.74. The van der Waals surface area contributed by atoms with Crippen LogP contribution in [0.3, 0.4) is 0 Å². The number of rotatable bonds is 1. The summed E-state index contributed by atoms with van der Waals surface area (Å²) < 4.78 is 0. The number of fused-ring (bicyclic) bond motifs is 2. The lowest BCUT2D eigenvalue weighted by Crippen LogP contribution is -2.22. The van der Waals surface area contributed by atoms with Crippen LogP contribution in [0, 0.1) is 5.92 Å². The molecular weight excluding hydrogens is 168 g/mol. The minimum Gasteiger partial charge on any atom is -0.0622 e. The highest BCUT2D eigenvalue weighted by Crippen LogP contribution is 2.42. The van der Waals surface area contributed by atoms with E-state index in [0.717, 1.165) is 11.8 Å². The summed E-state index contributed by atoms with van der Waals surface area (Å²) in [7, 11) is 0. The topological polar surface area (TPSA) is 0 Å². The van der Waals surface area contributed by atoms with Crippen molar-refractivity contribution >= 4 is 0 Å².